The number of hydrogen-bond donors (Lipinski definition) is 2. The van der Waals surface area contributed by atoms with Gasteiger partial charge in [-0.15, -0.1) is 0 Å². The average molecular weight is 384 g/mol. The minimum atomic E-state index is -0.535. The lowest BCUT2D eigenvalue weighted by molar-refractivity contribution is 0.0943. The molecule has 0 radical (unpaired) electrons. The number of carbonyl (C=O) groups excluding carboxylic acids is 1. The minimum Gasteiger partial charge on any atom is -0.439 e. The van der Waals surface area contributed by atoms with Crippen LogP contribution in [0.15, 0.2) is 41.1 Å². The monoisotopic (exact) mass is 383 g/mol. The number of amides is 1. The molecule has 4 rings (SSSR count). The summed E-state index contributed by atoms with van der Waals surface area (Å²) >= 11 is 6.16. The fraction of sp³-hybridized carbons (Fsp3) is 0.118. The van der Waals surface area contributed by atoms with Crippen molar-refractivity contribution in [2.75, 3.05) is 5.73 Å². The fourth-order valence-corrected chi connectivity index (χ4v) is 2.71. The first-order valence-electron chi connectivity index (χ1n) is 7.98. The molecule has 0 unspecified atom stereocenters. The van der Waals surface area contributed by atoms with Gasteiger partial charge in [-0.05, 0) is 24.6 Å². The largest absolute Gasteiger partial charge is 0.439 e. The van der Waals surface area contributed by atoms with Gasteiger partial charge in [-0.25, -0.2) is 19.6 Å². The third kappa shape index (κ3) is 3.32. The van der Waals surface area contributed by atoms with Gasteiger partial charge in [-0.1, -0.05) is 23.7 Å². The zero-order valence-corrected chi connectivity index (χ0v) is 14.9. The smallest absolute Gasteiger partial charge is 0.274 e. The first kappa shape index (κ1) is 17.0. The molecular formula is C17H14ClN7O2. The lowest BCUT2D eigenvalue weighted by atomic mass is 10.3. The number of fused-ring (bicyclic) bond motifs is 1. The third-order valence-corrected chi connectivity index (χ3v) is 4.00. The highest BCUT2D eigenvalue weighted by Crippen LogP contribution is 2.20. The maximum absolute atomic E-state index is 12.4. The van der Waals surface area contributed by atoms with E-state index in [0.29, 0.717) is 17.0 Å². The van der Waals surface area contributed by atoms with Crippen molar-refractivity contribution < 1.29 is 9.21 Å². The Morgan fingerprint density at radius 2 is 2.11 bits per heavy atom. The molecule has 0 aliphatic carbocycles. The van der Waals surface area contributed by atoms with Gasteiger partial charge in [-0.3, -0.25) is 4.79 Å². The van der Waals surface area contributed by atoms with Crippen LogP contribution in [-0.2, 0) is 6.54 Å². The van der Waals surface area contributed by atoms with E-state index in [9.17, 15) is 4.79 Å². The van der Waals surface area contributed by atoms with E-state index in [1.807, 2.05) is 25.1 Å². The Bertz CT molecular complexity index is 1120. The van der Waals surface area contributed by atoms with Crippen molar-refractivity contribution in [1.29, 1.82) is 0 Å². The van der Waals surface area contributed by atoms with Crippen molar-refractivity contribution in [3.63, 3.8) is 0 Å². The number of nitrogen functional groups attached to an aromatic ring is 1. The number of halogens is 1. The molecule has 0 aliphatic rings. The second-order valence-electron chi connectivity index (χ2n) is 5.79. The van der Waals surface area contributed by atoms with Crippen molar-refractivity contribution in [1.82, 2.24) is 30.0 Å². The summed E-state index contributed by atoms with van der Waals surface area (Å²) in [6.07, 6.45) is 3.37. The minimum absolute atomic E-state index is 0.0133. The van der Waals surface area contributed by atoms with Gasteiger partial charge in [0.25, 0.3) is 5.91 Å². The summed E-state index contributed by atoms with van der Waals surface area (Å²) in [4.78, 5) is 24.9. The highest BCUT2D eigenvalue weighted by Gasteiger charge is 2.19. The summed E-state index contributed by atoms with van der Waals surface area (Å²) in [5.41, 5.74) is 8.09. The van der Waals surface area contributed by atoms with E-state index in [-0.39, 0.29) is 29.0 Å². The molecule has 0 atom stereocenters. The molecule has 0 fully saturated rings. The highest BCUT2D eigenvalue weighted by atomic mass is 35.5. The Hall–Kier alpha value is -3.46. The zero-order valence-electron chi connectivity index (χ0n) is 14.2. The number of nitrogens with two attached hydrogens (primary N) is 1. The standard InChI is InChI=1S/C17H14ClN7O2/c1-9-6-21-25(8-9)16-14(18)23-13(15(19)24-16)17(26)20-7-12-22-10-4-2-3-5-11(10)27-12/h2-6,8H,7H2,1H3,(H2,19,24)(H,20,26). The number of rotatable bonds is 4. The SMILES string of the molecule is Cc1cnn(-c2nc(N)c(C(=O)NCc3nc4ccccc4o3)nc2Cl)c1. The Kier molecular flexibility index (Phi) is 4.21. The van der Waals surface area contributed by atoms with Gasteiger partial charge >= 0.3 is 0 Å². The molecule has 27 heavy (non-hydrogen) atoms. The number of oxazole rings is 1. The van der Waals surface area contributed by atoms with Crippen LogP contribution in [0.4, 0.5) is 5.82 Å². The number of aryl methyl sites for hydroxylation is 1. The number of aromatic nitrogens is 5. The fourth-order valence-electron chi connectivity index (χ4n) is 2.50. The van der Waals surface area contributed by atoms with Gasteiger partial charge in [0.15, 0.2) is 28.1 Å². The molecule has 0 saturated carbocycles. The van der Waals surface area contributed by atoms with Crippen LogP contribution < -0.4 is 11.1 Å². The van der Waals surface area contributed by atoms with Crippen LogP contribution >= 0.6 is 11.6 Å². The number of anilines is 1. The first-order chi connectivity index (χ1) is 13.0. The van der Waals surface area contributed by atoms with E-state index in [2.05, 4.69) is 25.4 Å². The van der Waals surface area contributed by atoms with E-state index in [1.165, 1.54) is 4.68 Å². The summed E-state index contributed by atoms with van der Waals surface area (Å²) in [6.45, 7) is 1.95. The van der Waals surface area contributed by atoms with Gasteiger partial charge < -0.3 is 15.5 Å². The summed E-state index contributed by atoms with van der Waals surface area (Å²) in [7, 11) is 0. The predicted molar refractivity (Wildman–Crippen MR) is 98.5 cm³/mol. The van der Waals surface area contributed by atoms with Crippen molar-refractivity contribution in [3.05, 3.63) is 59.0 Å². The van der Waals surface area contributed by atoms with Crippen LogP contribution in [-0.4, -0.2) is 30.6 Å². The van der Waals surface area contributed by atoms with Crippen LogP contribution in [0.2, 0.25) is 5.15 Å². The molecule has 4 aromatic rings. The van der Waals surface area contributed by atoms with Crippen LogP contribution in [0, 0.1) is 6.92 Å². The lowest BCUT2D eigenvalue weighted by Gasteiger charge is -2.08. The number of nitrogens with zero attached hydrogens (tertiary/aromatic N) is 5. The Balaban J connectivity index is 1.53. The molecule has 0 saturated heterocycles. The van der Waals surface area contributed by atoms with Crippen LogP contribution in [0.5, 0.6) is 0 Å². The number of nitrogens with one attached hydrogen (secondary N) is 1. The van der Waals surface area contributed by atoms with Crippen molar-refractivity contribution in [2.45, 2.75) is 13.5 Å². The van der Waals surface area contributed by atoms with Gasteiger partial charge in [0, 0.05) is 6.20 Å². The number of benzene rings is 1. The molecule has 1 amide bonds. The lowest BCUT2D eigenvalue weighted by Crippen LogP contribution is -2.26. The zero-order chi connectivity index (χ0) is 19.0. The molecule has 3 aromatic heterocycles. The number of hydrogen-bond acceptors (Lipinski definition) is 7. The maximum atomic E-state index is 12.4. The van der Waals surface area contributed by atoms with E-state index in [0.717, 1.165) is 5.56 Å². The van der Waals surface area contributed by atoms with E-state index in [4.69, 9.17) is 21.8 Å². The Morgan fingerprint density at radius 3 is 2.85 bits per heavy atom. The summed E-state index contributed by atoms with van der Waals surface area (Å²) in [5.74, 6) is 0.0218. The molecule has 0 bridgehead atoms. The quantitative estimate of drug-likeness (QED) is 0.553. The van der Waals surface area contributed by atoms with Crippen LogP contribution in [0.1, 0.15) is 21.9 Å². The topological polar surface area (TPSA) is 125 Å². The normalized spacial score (nSPS) is 11.0. The molecule has 9 nitrogen and oxygen atoms in total. The molecular weight excluding hydrogens is 370 g/mol. The van der Waals surface area contributed by atoms with Gasteiger partial charge in [0.2, 0.25) is 5.89 Å². The molecule has 1 aromatic carbocycles. The van der Waals surface area contributed by atoms with Gasteiger partial charge in [0.05, 0.1) is 12.7 Å². The van der Waals surface area contributed by atoms with Crippen molar-refractivity contribution in [3.8, 4) is 5.82 Å². The Labute approximate surface area is 158 Å². The van der Waals surface area contributed by atoms with Gasteiger partial charge in [-0.2, -0.15) is 5.10 Å². The van der Waals surface area contributed by atoms with E-state index >= 15 is 0 Å². The molecule has 0 spiro atoms. The predicted octanol–water partition coefficient (Wildman–Crippen LogP) is 2.28. The highest BCUT2D eigenvalue weighted by molar-refractivity contribution is 6.31. The van der Waals surface area contributed by atoms with E-state index in [1.54, 1.807) is 18.5 Å². The summed E-state index contributed by atoms with van der Waals surface area (Å²) in [6, 6.07) is 7.32. The van der Waals surface area contributed by atoms with Gasteiger partial charge in [0.1, 0.15) is 5.52 Å². The second kappa shape index (κ2) is 6.69. The third-order valence-electron chi connectivity index (χ3n) is 3.75. The van der Waals surface area contributed by atoms with Crippen LogP contribution in [0.25, 0.3) is 16.9 Å². The maximum Gasteiger partial charge on any atom is 0.274 e. The average Bonchev–Trinajstić information content (AvgIpc) is 3.27. The molecule has 3 N–H and O–H groups in total. The summed E-state index contributed by atoms with van der Waals surface area (Å²) < 4.78 is 7.00. The molecule has 0 aliphatic heterocycles. The number of para-hydroxylation sites is 2. The molecule has 3 heterocycles. The summed E-state index contributed by atoms with van der Waals surface area (Å²) in [5, 5.41) is 6.77. The number of carbonyl (C=O) groups is 1. The van der Waals surface area contributed by atoms with E-state index < -0.39 is 5.91 Å². The molecule has 10 heteroatoms. The second-order valence-corrected chi connectivity index (χ2v) is 6.15. The van der Waals surface area contributed by atoms with Crippen molar-refractivity contribution >= 4 is 34.4 Å². The van der Waals surface area contributed by atoms with Crippen molar-refractivity contribution in [2.24, 2.45) is 0 Å². The first-order valence-corrected chi connectivity index (χ1v) is 8.36. The van der Waals surface area contributed by atoms with Crippen LogP contribution in [0.3, 0.4) is 0 Å². The Morgan fingerprint density at radius 1 is 1.30 bits per heavy atom. The molecule has 136 valence electrons.